The second-order valence-corrected chi connectivity index (χ2v) is 4.45. The van der Waals surface area contributed by atoms with E-state index in [1.54, 1.807) is 23.9 Å². The molecule has 2 aliphatic rings. The average molecular weight is 265 g/mol. The lowest BCUT2D eigenvalue weighted by atomic mass is 10.1. The summed E-state index contributed by atoms with van der Waals surface area (Å²) >= 11 is 0. The lowest BCUT2D eigenvalue weighted by molar-refractivity contribution is 0.349. The van der Waals surface area contributed by atoms with Crippen LogP contribution in [0.2, 0.25) is 0 Å². The Labute approximate surface area is 115 Å². The molecule has 0 spiro atoms. The molecule has 6 heteroatoms. The number of aliphatic imine (C=N–C) groups is 1. The third kappa shape index (κ3) is 1.38. The van der Waals surface area contributed by atoms with E-state index >= 15 is 0 Å². The fourth-order valence-electron chi connectivity index (χ4n) is 2.58. The molecule has 0 amide bonds. The molecule has 2 aliphatic heterocycles. The molecule has 0 saturated carbocycles. The van der Waals surface area contributed by atoms with Gasteiger partial charge in [0.1, 0.15) is 19.3 Å². The molecule has 2 aromatic rings. The Morgan fingerprint density at radius 2 is 2.20 bits per heavy atom. The number of anilines is 1. The minimum absolute atomic E-state index is 0.136. The standard InChI is InChI=1S/C14H11N5O/c20-7-3-6-17-10-16-14-11-4-1-2-5-12(11)18-9-15-8-13(18)19(14)17/h1-2,4-5,8-10,14,20H,7H2. The number of imidazole rings is 1. The van der Waals surface area contributed by atoms with Gasteiger partial charge in [0.2, 0.25) is 0 Å². The van der Waals surface area contributed by atoms with Crippen molar-refractivity contribution in [2.75, 3.05) is 11.6 Å². The van der Waals surface area contributed by atoms with Crippen LogP contribution < -0.4 is 5.01 Å². The van der Waals surface area contributed by atoms with Crippen molar-refractivity contribution >= 4 is 12.2 Å². The van der Waals surface area contributed by atoms with E-state index in [1.807, 2.05) is 21.7 Å². The zero-order valence-corrected chi connectivity index (χ0v) is 10.5. The number of rotatable bonds is 0. The number of fused-ring (bicyclic) bond motifs is 6. The Bertz CT molecular complexity index is 754. The van der Waals surface area contributed by atoms with Crippen molar-refractivity contribution in [2.45, 2.75) is 6.17 Å². The van der Waals surface area contributed by atoms with Gasteiger partial charge >= 0.3 is 0 Å². The van der Waals surface area contributed by atoms with Crippen LogP contribution in [-0.2, 0) is 0 Å². The van der Waals surface area contributed by atoms with Gasteiger partial charge in [-0.3, -0.25) is 4.57 Å². The topological polar surface area (TPSA) is 56.9 Å². The van der Waals surface area contributed by atoms with Gasteiger partial charge in [0.05, 0.1) is 11.9 Å². The predicted octanol–water partition coefficient (Wildman–Crippen LogP) is 0.903. The van der Waals surface area contributed by atoms with Gasteiger partial charge in [-0.25, -0.2) is 15.0 Å². The van der Waals surface area contributed by atoms with Crippen molar-refractivity contribution in [3.8, 4) is 17.7 Å². The summed E-state index contributed by atoms with van der Waals surface area (Å²) in [5.41, 5.74) is 2.18. The maximum Gasteiger partial charge on any atom is 0.172 e. The number of hydrogen-bond acceptors (Lipinski definition) is 5. The minimum atomic E-state index is -0.182. The zero-order chi connectivity index (χ0) is 13.5. The third-order valence-electron chi connectivity index (χ3n) is 3.38. The molecule has 6 nitrogen and oxygen atoms in total. The van der Waals surface area contributed by atoms with E-state index in [9.17, 15) is 0 Å². The molecular formula is C14H11N5O. The highest BCUT2D eigenvalue weighted by Crippen LogP contribution is 2.41. The highest BCUT2D eigenvalue weighted by atomic mass is 16.2. The van der Waals surface area contributed by atoms with E-state index in [0.717, 1.165) is 17.1 Å². The van der Waals surface area contributed by atoms with Crippen molar-refractivity contribution in [3.05, 3.63) is 42.4 Å². The van der Waals surface area contributed by atoms with Crippen LogP contribution in [0.15, 0.2) is 41.8 Å². The molecule has 1 aromatic carbocycles. The molecule has 98 valence electrons. The summed E-state index contributed by atoms with van der Waals surface area (Å²) in [7, 11) is 0. The number of aliphatic hydroxyl groups excluding tert-OH is 1. The largest absolute Gasteiger partial charge is 0.384 e. The SMILES string of the molecule is OCC#CN1C=NC2c3ccccc3-n3cncc3N21. The molecule has 0 radical (unpaired) electrons. The molecule has 1 unspecified atom stereocenters. The number of nitrogens with zero attached hydrogens (tertiary/aromatic N) is 5. The molecule has 0 fully saturated rings. The van der Waals surface area contributed by atoms with Gasteiger partial charge in [0.15, 0.2) is 12.0 Å². The summed E-state index contributed by atoms with van der Waals surface area (Å²) in [6.07, 6.45) is 5.10. The summed E-state index contributed by atoms with van der Waals surface area (Å²) in [5.74, 6) is 3.54. The summed E-state index contributed by atoms with van der Waals surface area (Å²) < 4.78 is 2.01. The van der Waals surface area contributed by atoms with Crippen LogP contribution in [0.1, 0.15) is 11.7 Å². The van der Waals surface area contributed by atoms with Crippen LogP contribution >= 0.6 is 0 Å². The molecule has 1 N–H and O–H groups in total. The molecule has 4 rings (SSSR count). The lowest BCUT2D eigenvalue weighted by Gasteiger charge is -2.35. The van der Waals surface area contributed by atoms with Crippen LogP contribution in [0.5, 0.6) is 0 Å². The Morgan fingerprint density at radius 1 is 1.30 bits per heavy atom. The van der Waals surface area contributed by atoms with Crippen LogP contribution in [-0.4, -0.2) is 32.6 Å². The van der Waals surface area contributed by atoms with Crippen molar-refractivity contribution in [3.63, 3.8) is 0 Å². The summed E-state index contributed by atoms with van der Waals surface area (Å²) in [6, 6.07) is 11.0. The van der Waals surface area contributed by atoms with Crippen LogP contribution in [0.3, 0.4) is 0 Å². The summed E-state index contributed by atoms with van der Waals surface area (Å²) in [4.78, 5) is 8.73. The maximum absolute atomic E-state index is 8.85. The number of aliphatic hydroxyl groups is 1. The fraction of sp³-hybridized carbons (Fsp3) is 0.143. The number of benzene rings is 1. The lowest BCUT2D eigenvalue weighted by Crippen LogP contribution is -2.39. The highest BCUT2D eigenvalue weighted by molar-refractivity contribution is 5.71. The van der Waals surface area contributed by atoms with E-state index in [-0.39, 0.29) is 12.8 Å². The normalized spacial score (nSPS) is 18.1. The quantitative estimate of drug-likeness (QED) is 0.719. The van der Waals surface area contributed by atoms with Gasteiger partial charge in [-0.15, -0.1) is 0 Å². The number of para-hydroxylation sites is 1. The number of hydrogen-bond donors (Lipinski definition) is 1. The molecule has 0 aliphatic carbocycles. The van der Waals surface area contributed by atoms with Crippen LogP contribution in [0.4, 0.5) is 5.82 Å². The van der Waals surface area contributed by atoms with Crippen LogP contribution in [0.25, 0.3) is 5.69 Å². The van der Waals surface area contributed by atoms with Gasteiger partial charge in [-0.1, -0.05) is 18.2 Å². The van der Waals surface area contributed by atoms with Gasteiger partial charge in [0.25, 0.3) is 0 Å². The Morgan fingerprint density at radius 3 is 3.10 bits per heavy atom. The summed E-state index contributed by atoms with van der Waals surface area (Å²) in [5, 5.41) is 12.5. The Kier molecular flexibility index (Phi) is 2.28. The molecule has 0 bridgehead atoms. The molecule has 20 heavy (non-hydrogen) atoms. The van der Waals surface area contributed by atoms with E-state index in [4.69, 9.17) is 5.11 Å². The van der Waals surface area contributed by atoms with Crippen molar-refractivity contribution in [1.29, 1.82) is 0 Å². The van der Waals surface area contributed by atoms with E-state index in [0.29, 0.717) is 0 Å². The maximum atomic E-state index is 8.85. The van der Waals surface area contributed by atoms with E-state index < -0.39 is 0 Å². The van der Waals surface area contributed by atoms with Gasteiger partial charge in [-0.05, 0) is 12.0 Å². The van der Waals surface area contributed by atoms with Gasteiger partial charge in [0, 0.05) is 11.6 Å². The first-order valence-corrected chi connectivity index (χ1v) is 6.23. The molecule has 1 atom stereocenters. The predicted molar refractivity (Wildman–Crippen MR) is 74.0 cm³/mol. The van der Waals surface area contributed by atoms with Crippen molar-refractivity contribution in [1.82, 2.24) is 14.6 Å². The monoisotopic (exact) mass is 265 g/mol. The van der Waals surface area contributed by atoms with E-state index in [1.165, 1.54) is 0 Å². The summed E-state index contributed by atoms with van der Waals surface area (Å²) in [6.45, 7) is -0.182. The number of hydrazine groups is 1. The molecule has 0 saturated heterocycles. The average Bonchev–Trinajstić information content (AvgIpc) is 3.12. The first-order valence-electron chi connectivity index (χ1n) is 6.23. The van der Waals surface area contributed by atoms with Crippen LogP contribution in [0, 0.1) is 12.0 Å². The minimum Gasteiger partial charge on any atom is -0.384 e. The third-order valence-corrected chi connectivity index (χ3v) is 3.38. The Balaban J connectivity index is 1.89. The van der Waals surface area contributed by atoms with Crippen molar-refractivity contribution in [2.24, 2.45) is 4.99 Å². The first-order chi connectivity index (χ1) is 9.90. The second-order valence-electron chi connectivity index (χ2n) is 4.45. The van der Waals surface area contributed by atoms with Gasteiger partial charge in [-0.2, -0.15) is 5.01 Å². The number of aromatic nitrogens is 2. The molecule has 3 heterocycles. The Hall–Kier alpha value is -2.78. The molecule has 1 aromatic heterocycles. The fourth-order valence-corrected chi connectivity index (χ4v) is 2.58. The highest BCUT2D eigenvalue weighted by Gasteiger charge is 2.37. The first kappa shape index (κ1) is 11.1. The van der Waals surface area contributed by atoms with E-state index in [2.05, 4.69) is 34.1 Å². The molecular weight excluding hydrogens is 254 g/mol. The second kappa shape index (κ2) is 4.11. The smallest absolute Gasteiger partial charge is 0.172 e. The zero-order valence-electron chi connectivity index (χ0n) is 10.5. The van der Waals surface area contributed by atoms with Gasteiger partial charge < -0.3 is 5.11 Å². The van der Waals surface area contributed by atoms with Crippen molar-refractivity contribution < 1.29 is 5.11 Å².